The van der Waals surface area contributed by atoms with E-state index < -0.39 is 0 Å². The van der Waals surface area contributed by atoms with Gasteiger partial charge in [-0.15, -0.1) is 0 Å². The molecule has 0 aliphatic carbocycles. The Morgan fingerprint density at radius 3 is 2.95 bits per heavy atom. The molecule has 2 aromatic heterocycles. The van der Waals surface area contributed by atoms with Gasteiger partial charge in [0, 0.05) is 13.2 Å². The quantitative estimate of drug-likeness (QED) is 0.761. The van der Waals surface area contributed by atoms with Gasteiger partial charge >= 0.3 is 0 Å². The van der Waals surface area contributed by atoms with Gasteiger partial charge in [-0.25, -0.2) is 14.6 Å². The molecule has 0 aromatic carbocycles. The van der Waals surface area contributed by atoms with Gasteiger partial charge in [-0.3, -0.25) is 0 Å². The molecule has 2 rings (SSSR count). The number of nitrogens with zero attached hydrogens (tertiary/aromatic N) is 4. The number of rotatable bonds is 6. The zero-order valence-corrected chi connectivity index (χ0v) is 11.6. The molecule has 0 radical (unpaired) electrons. The van der Waals surface area contributed by atoms with Crippen molar-refractivity contribution in [3.8, 4) is 11.6 Å². The molecule has 0 N–H and O–H groups in total. The van der Waals surface area contributed by atoms with Crippen molar-refractivity contribution >= 4 is 11.6 Å². The van der Waals surface area contributed by atoms with Crippen LogP contribution in [0.25, 0.3) is 5.82 Å². The van der Waals surface area contributed by atoms with E-state index in [1.807, 2.05) is 6.92 Å². The highest BCUT2D eigenvalue weighted by Gasteiger charge is 2.07. The van der Waals surface area contributed by atoms with Crippen molar-refractivity contribution in [3.05, 3.63) is 29.4 Å². The van der Waals surface area contributed by atoms with Gasteiger partial charge in [-0.2, -0.15) is 5.10 Å². The van der Waals surface area contributed by atoms with Crippen molar-refractivity contribution in [2.24, 2.45) is 0 Å². The highest BCUT2D eigenvalue weighted by molar-refractivity contribution is 6.29. The molecule has 0 fully saturated rings. The fourth-order valence-electron chi connectivity index (χ4n) is 1.49. The molecule has 7 heteroatoms. The SMILES string of the molecule is CCCOc1cnn(-c2cc(Cl)nc(COC)n2)c1. The largest absolute Gasteiger partial charge is 0.490 e. The minimum absolute atomic E-state index is 0.300. The molecular weight excluding hydrogens is 268 g/mol. The zero-order chi connectivity index (χ0) is 13.7. The topological polar surface area (TPSA) is 62.1 Å². The predicted molar refractivity (Wildman–Crippen MR) is 70.7 cm³/mol. The summed E-state index contributed by atoms with van der Waals surface area (Å²) in [7, 11) is 1.58. The Balaban J connectivity index is 2.22. The summed E-state index contributed by atoms with van der Waals surface area (Å²) >= 11 is 5.95. The van der Waals surface area contributed by atoms with E-state index in [-0.39, 0.29) is 0 Å². The first-order valence-corrected chi connectivity index (χ1v) is 6.31. The number of halogens is 1. The van der Waals surface area contributed by atoms with Crippen molar-refractivity contribution in [1.29, 1.82) is 0 Å². The van der Waals surface area contributed by atoms with Crippen LogP contribution in [0.2, 0.25) is 5.15 Å². The van der Waals surface area contributed by atoms with E-state index >= 15 is 0 Å². The van der Waals surface area contributed by atoms with Gasteiger partial charge in [0.25, 0.3) is 0 Å². The Hall–Kier alpha value is -1.66. The number of hydrogen-bond donors (Lipinski definition) is 0. The highest BCUT2D eigenvalue weighted by Crippen LogP contribution is 2.15. The maximum Gasteiger partial charge on any atom is 0.158 e. The van der Waals surface area contributed by atoms with E-state index in [1.165, 1.54) is 0 Å². The predicted octanol–water partition coefficient (Wildman–Crippen LogP) is 2.25. The van der Waals surface area contributed by atoms with Gasteiger partial charge in [0.2, 0.25) is 0 Å². The first-order valence-electron chi connectivity index (χ1n) is 5.93. The van der Waals surface area contributed by atoms with Crippen LogP contribution >= 0.6 is 11.6 Å². The van der Waals surface area contributed by atoms with Crippen LogP contribution in [0.3, 0.4) is 0 Å². The number of ether oxygens (including phenoxy) is 2. The molecule has 0 spiro atoms. The van der Waals surface area contributed by atoms with Gasteiger partial charge in [0.15, 0.2) is 17.4 Å². The molecule has 0 unspecified atom stereocenters. The minimum Gasteiger partial charge on any atom is -0.490 e. The van der Waals surface area contributed by atoms with Gasteiger partial charge in [0.1, 0.15) is 11.8 Å². The molecule has 0 amide bonds. The normalized spacial score (nSPS) is 10.7. The Kier molecular flexibility index (Phi) is 4.70. The third-order valence-electron chi connectivity index (χ3n) is 2.27. The number of hydrogen-bond acceptors (Lipinski definition) is 5. The lowest BCUT2D eigenvalue weighted by atomic mass is 10.5. The minimum atomic E-state index is 0.300. The van der Waals surface area contributed by atoms with E-state index in [9.17, 15) is 0 Å². The first kappa shape index (κ1) is 13.8. The summed E-state index contributed by atoms with van der Waals surface area (Å²) in [6.07, 6.45) is 4.34. The Labute approximate surface area is 116 Å². The summed E-state index contributed by atoms with van der Waals surface area (Å²) in [5.74, 6) is 1.79. The molecule has 0 atom stereocenters. The second kappa shape index (κ2) is 6.49. The Bertz CT molecular complexity index is 544. The first-order chi connectivity index (χ1) is 9.22. The molecule has 0 saturated heterocycles. The molecule has 2 heterocycles. The Morgan fingerprint density at radius 2 is 2.21 bits per heavy atom. The zero-order valence-electron chi connectivity index (χ0n) is 10.8. The van der Waals surface area contributed by atoms with E-state index in [1.54, 1.807) is 30.3 Å². The average molecular weight is 283 g/mol. The highest BCUT2D eigenvalue weighted by atomic mass is 35.5. The maximum atomic E-state index is 5.95. The molecule has 0 bridgehead atoms. The van der Waals surface area contributed by atoms with Crippen LogP contribution in [-0.2, 0) is 11.3 Å². The van der Waals surface area contributed by atoms with Crippen molar-refractivity contribution in [1.82, 2.24) is 19.7 Å². The Morgan fingerprint density at radius 1 is 1.37 bits per heavy atom. The molecule has 0 saturated carbocycles. The van der Waals surface area contributed by atoms with Crippen LogP contribution < -0.4 is 4.74 Å². The van der Waals surface area contributed by atoms with Crippen molar-refractivity contribution in [2.75, 3.05) is 13.7 Å². The smallest absolute Gasteiger partial charge is 0.158 e. The molecule has 0 aliphatic heterocycles. The van der Waals surface area contributed by atoms with Crippen LogP contribution in [0, 0.1) is 0 Å². The lowest BCUT2D eigenvalue weighted by Crippen LogP contribution is -2.04. The third kappa shape index (κ3) is 3.65. The fraction of sp³-hybridized carbons (Fsp3) is 0.417. The lowest BCUT2D eigenvalue weighted by Gasteiger charge is -2.04. The summed E-state index contributed by atoms with van der Waals surface area (Å²) in [6.45, 7) is 3.00. The maximum absolute atomic E-state index is 5.95. The monoisotopic (exact) mass is 282 g/mol. The van der Waals surface area contributed by atoms with Crippen molar-refractivity contribution < 1.29 is 9.47 Å². The van der Waals surface area contributed by atoms with E-state index in [2.05, 4.69) is 15.1 Å². The van der Waals surface area contributed by atoms with Crippen LogP contribution in [0.1, 0.15) is 19.2 Å². The van der Waals surface area contributed by atoms with Gasteiger partial charge < -0.3 is 9.47 Å². The van der Waals surface area contributed by atoms with Crippen LogP contribution in [0.15, 0.2) is 18.5 Å². The van der Waals surface area contributed by atoms with Gasteiger partial charge in [0.05, 0.1) is 19.0 Å². The summed E-state index contributed by atoms with van der Waals surface area (Å²) in [4.78, 5) is 8.37. The van der Waals surface area contributed by atoms with Crippen LogP contribution in [-0.4, -0.2) is 33.5 Å². The second-order valence-electron chi connectivity index (χ2n) is 3.87. The summed E-state index contributed by atoms with van der Waals surface area (Å²) in [5, 5.41) is 4.53. The summed E-state index contributed by atoms with van der Waals surface area (Å²) in [6, 6.07) is 1.64. The van der Waals surface area contributed by atoms with Crippen molar-refractivity contribution in [2.45, 2.75) is 20.0 Å². The molecular formula is C12H15ClN4O2. The van der Waals surface area contributed by atoms with Gasteiger partial charge in [-0.1, -0.05) is 18.5 Å². The molecule has 6 nitrogen and oxygen atoms in total. The van der Waals surface area contributed by atoms with E-state index in [0.29, 0.717) is 35.8 Å². The number of methoxy groups -OCH3 is 1. The van der Waals surface area contributed by atoms with Crippen LogP contribution in [0.5, 0.6) is 5.75 Å². The van der Waals surface area contributed by atoms with Gasteiger partial charge in [-0.05, 0) is 6.42 Å². The molecule has 102 valence electrons. The average Bonchev–Trinajstić information content (AvgIpc) is 2.85. The fourth-order valence-corrected chi connectivity index (χ4v) is 1.68. The standard InChI is InChI=1S/C12H15ClN4O2/c1-3-4-19-9-6-14-17(7-9)12-5-10(13)15-11(16-12)8-18-2/h5-7H,3-4,8H2,1-2H3. The van der Waals surface area contributed by atoms with E-state index in [4.69, 9.17) is 21.1 Å². The molecule has 19 heavy (non-hydrogen) atoms. The lowest BCUT2D eigenvalue weighted by molar-refractivity contribution is 0.177. The van der Waals surface area contributed by atoms with Crippen molar-refractivity contribution in [3.63, 3.8) is 0 Å². The second-order valence-corrected chi connectivity index (χ2v) is 4.25. The molecule has 0 aliphatic rings. The molecule has 2 aromatic rings. The summed E-state index contributed by atoms with van der Waals surface area (Å²) < 4.78 is 12.1. The van der Waals surface area contributed by atoms with Crippen LogP contribution in [0.4, 0.5) is 0 Å². The number of aromatic nitrogens is 4. The third-order valence-corrected chi connectivity index (χ3v) is 2.46. The van der Waals surface area contributed by atoms with E-state index in [0.717, 1.165) is 6.42 Å². The summed E-state index contributed by atoms with van der Waals surface area (Å²) in [5.41, 5.74) is 0.